The third-order valence-corrected chi connectivity index (χ3v) is 5.05. The Bertz CT molecular complexity index is 671. The molecule has 0 fully saturated rings. The Morgan fingerprint density at radius 2 is 2.04 bits per heavy atom. The molecule has 2 rings (SSSR count). The predicted octanol–water partition coefficient (Wildman–Crippen LogP) is 2.58. The molecule has 6 heteroatoms. The molecule has 1 aliphatic rings. The second kappa shape index (κ2) is 7.68. The van der Waals surface area contributed by atoms with Crippen LogP contribution in [0.25, 0.3) is 0 Å². The maximum absolute atomic E-state index is 12.3. The van der Waals surface area contributed by atoms with Crippen molar-refractivity contribution in [2.75, 3.05) is 5.32 Å². The van der Waals surface area contributed by atoms with E-state index in [0.29, 0.717) is 12.8 Å². The van der Waals surface area contributed by atoms with Crippen molar-refractivity contribution in [2.45, 2.75) is 52.0 Å². The molecule has 0 bridgehead atoms. The summed E-state index contributed by atoms with van der Waals surface area (Å²) in [5.41, 5.74) is 1.11. The fourth-order valence-electron chi connectivity index (χ4n) is 3.04. The van der Waals surface area contributed by atoms with E-state index in [4.69, 9.17) is 5.11 Å². The van der Waals surface area contributed by atoms with Gasteiger partial charge in [0, 0.05) is 23.6 Å². The van der Waals surface area contributed by atoms with Gasteiger partial charge in [-0.2, -0.15) is 0 Å². The number of fused-ring (bicyclic) bond motifs is 1. The number of carbonyl (C=O) groups is 3. The van der Waals surface area contributed by atoms with Gasteiger partial charge in [-0.1, -0.05) is 32.0 Å². The van der Waals surface area contributed by atoms with E-state index < -0.39 is 11.5 Å². The fraction of sp³-hybridized carbons (Fsp3) is 0.526. The van der Waals surface area contributed by atoms with E-state index in [0.717, 1.165) is 11.3 Å². The summed E-state index contributed by atoms with van der Waals surface area (Å²) in [6, 6.07) is 7.66. The van der Waals surface area contributed by atoms with Crippen LogP contribution in [0, 0.1) is 11.8 Å². The summed E-state index contributed by atoms with van der Waals surface area (Å²) in [4.78, 5) is 35.6. The Labute approximate surface area is 148 Å². The number of anilines is 1. The maximum Gasteiger partial charge on any atom is 0.305 e. The summed E-state index contributed by atoms with van der Waals surface area (Å²) in [7, 11) is 0. The molecular formula is C19H26N2O4. The van der Waals surface area contributed by atoms with Gasteiger partial charge in [0.25, 0.3) is 0 Å². The zero-order valence-electron chi connectivity index (χ0n) is 15.0. The molecule has 25 heavy (non-hydrogen) atoms. The lowest BCUT2D eigenvalue weighted by Gasteiger charge is -2.33. The number of hydrogen-bond donors (Lipinski definition) is 3. The lowest BCUT2D eigenvalue weighted by molar-refractivity contribution is -0.139. The number of carbonyl (C=O) groups excluding carboxylic acids is 2. The van der Waals surface area contributed by atoms with Gasteiger partial charge in [0.05, 0.1) is 6.42 Å². The van der Waals surface area contributed by atoms with Crippen molar-refractivity contribution in [1.29, 1.82) is 0 Å². The smallest absolute Gasteiger partial charge is 0.305 e. The third-order valence-electron chi connectivity index (χ3n) is 5.05. The standard InChI is InChI=1S/C19H26N2O4/c1-12(2)19(3,11-17(23)24)21-16(22)9-8-14-10-13-6-4-5-7-15(13)20-18(14)25/h4-7,12,14H,8-11H2,1-3H3,(H,20,25)(H,21,22)(H,23,24). The molecule has 1 heterocycles. The molecular weight excluding hydrogens is 320 g/mol. The van der Waals surface area contributed by atoms with Gasteiger partial charge in [0.15, 0.2) is 0 Å². The summed E-state index contributed by atoms with van der Waals surface area (Å²) in [5, 5.41) is 14.8. The first kappa shape index (κ1) is 19.0. The maximum atomic E-state index is 12.3. The van der Waals surface area contributed by atoms with Crippen molar-refractivity contribution in [3.05, 3.63) is 29.8 Å². The number of carboxylic acids is 1. The molecule has 1 aliphatic heterocycles. The molecule has 2 amide bonds. The van der Waals surface area contributed by atoms with E-state index in [2.05, 4.69) is 10.6 Å². The van der Waals surface area contributed by atoms with E-state index >= 15 is 0 Å². The molecule has 0 saturated heterocycles. The van der Waals surface area contributed by atoms with Crippen molar-refractivity contribution >= 4 is 23.5 Å². The summed E-state index contributed by atoms with van der Waals surface area (Å²) in [6.45, 7) is 5.51. The summed E-state index contributed by atoms with van der Waals surface area (Å²) in [5.74, 6) is -1.49. The Morgan fingerprint density at radius 1 is 1.36 bits per heavy atom. The number of rotatable bonds is 7. The van der Waals surface area contributed by atoms with Crippen molar-refractivity contribution in [2.24, 2.45) is 11.8 Å². The van der Waals surface area contributed by atoms with E-state index in [1.165, 1.54) is 0 Å². The summed E-state index contributed by atoms with van der Waals surface area (Å²) in [6.07, 6.45) is 1.12. The van der Waals surface area contributed by atoms with Crippen LogP contribution < -0.4 is 10.6 Å². The summed E-state index contributed by atoms with van der Waals surface area (Å²) < 4.78 is 0. The predicted molar refractivity (Wildman–Crippen MR) is 95.1 cm³/mol. The molecule has 6 nitrogen and oxygen atoms in total. The topological polar surface area (TPSA) is 95.5 Å². The number of para-hydroxylation sites is 1. The third kappa shape index (κ3) is 4.81. The molecule has 2 atom stereocenters. The van der Waals surface area contributed by atoms with Gasteiger partial charge in [0.1, 0.15) is 0 Å². The number of nitrogens with one attached hydrogen (secondary N) is 2. The molecule has 2 unspecified atom stereocenters. The molecule has 136 valence electrons. The van der Waals surface area contributed by atoms with Crippen molar-refractivity contribution in [3.8, 4) is 0 Å². The van der Waals surface area contributed by atoms with E-state index in [9.17, 15) is 14.4 Å². The lowest BCUT2D eigenvalue weighted by Crippen LogP contribution is -2.51. The lowest BCUT2D eigenvalue weighted by atomic mass is 9.84. The quantitative estimate of drug-likeness (QED) is 0.707. The zero-order valence-corrected chi connectivity index (χ0v) is 15.0. The number of amides is 2. The number of hydrogen-bond acceptors (Lipinski definition) is 3. The highest BCUT2D eigenvalue weighted by Gasteiger charge is 2.33. The molecule has 1 aromatic rings. The highest BCUT2D eigenvalue weighted by Crippen LogP contribution is 2.28. The minimum atomic E-state index is -0.945. The number of benzene rings is 1. The van der Waals surface area contributed by atoms with Crippen LogP contribution in [0.15, 0.2) is 24.3 Å². The van der Waals surface area contributed by atoms with E-state index in [1.807, 2.05) is 38.1 Å². The van der Waals surface area contributed by atoms with Gasteiger partial charge in [0.2, 0.25) is 11.8 Å². The second-order valence-electron chi connectivity index (χ2n) is 7.28. The van der Waals surface area contributed by atoms with Gasteiger partial charge >= 0.3 is 5.97 Å². The Kier molecular flexibility index (Phi) is 5.82. The minimum Gasteiger partial charge on any atom is -0.481 e. The van der Waals surface area contributed by atoms with Crippen LogP contribution in [0.4, 0.5) is 5.69 Å². The van der Waals surface area contributed by atoms with Crippen molar-refractivity contribution < 1.29 is 19.5 Å². The van der Waals surface area contributed by atoms with Gasteiger partial charge in [-0.05, 0) is 37.3 Å². The van der Waals surface area contributed by atoms with Crippen LogP contribution in [0.1, 0.15) is 45.6 Å². The van der Waals surface area contributed by atoms with E-state index in [-0.39, 0.29) is 36.5 Å². The average molecular weight is 346 g/mol. The van der Waals surface area contributed by atoms with Gasteiger partial charge < -0.3 is 15.7 Å². The average Bonchev–Trinajstić information content (AvgIpc) is 2.51. The molecule has 0 saturated carbocycles. The van der Waals surface area contributed by atoms with Gasteiger partial charge in [-0.25, -0.2) is 0 Å². The zero-order chi connectivity index (χ0) is 18.6. The first-order valence-corrected chi connectivity index (χ1v) is 8.63. The largest absolute Gasteiger partial charge is 0.481 e. The van der Waals surface area contributed by atoms with Crippen LogP contribution in [0.3, 0.4) is 0 Å². The molecule has 3 N–H and O–H groups in total. The van der Waals surface area contributed by atoms with Crippen LogP contribution in [-0.4, -0.2) is 28.4 Å². The molecule has 0 spiro atoms. The number of carboxylic acid groups (broad SMARTS) is 1. The fourth-order valence-corrected chi connectivity index (χ4v) is 3.04. The number of aliphatic carboxylic acids is 1. The normalized spacial score (nSPS) is 18.9. The van der Waals surface area contributed by atoms with Crippen molar-refractivity contribution in [1.82, 2.24) is 5.32 Å². The van der Waals surface area contributed by atoms with Crippen LogP contribution in [0.5, 0.6) is 0 Å². The molecule has 0 aliphatic carbocycles. The van der Waals surface area contributed by atoms with Crippen molar-refractivity contribution in [3.63, 3.8) is 0 Å². The molecule has 1 aromatic carbocycles. The monoisotopic (exact) mass is 346 g/mol. The molecule has 0 aromatic heterocycles. The first-order chi connectivity index (χ1) is 11.7. The van der Waals surface area contributed by atoms with Crippen LogP contribution >= 0.6 is 0 Å². The van der Waals surface area contributed by atoms with Crippen LogP contribution in [0.2, 0.25) is 0 Å². The highest BCUT2D eigenvalue weighted by atomic mass is 16.4. The highest BCUT2D eigenvalue weighted by molar-refractivity contribution is 5.96. The first-order valence-electron chi connectivity index (χ1n) is 8.63. The minimum absolute atomic E-state index is 0.0163. The Hall–Kier alpha value is -2.37. The van der Waals surface area contributed by atoms with Crippen LogP contribution in [-0.2, 0) is 20.8 Å². The Morgan fingerprint density at radius 3 is 2.68 bits per heavy atom. The van der Waals surface area contributed by atoms with Gasteiger partial charge in [-0.15, -0.1) is 0 Å². The van der Waals surface area contributed by atoms with E-state index in [1.54, 1.807) is 6.92 Å². The molecule has 0 radical (unpaired) electrons. The summed E-state index contributed by atoms with van der Waals surface area (Å²) >= 11 is 0. The SMILES string of the molecule is CC(C)C(C)(CC(=O)O)NC(=O)CCC1Cc2ccccc2NC1=O. The second-order valence-corrected chi connectivity index (χ2v) is 7.28. The van der Waals surface area contributed by atoms with Gasteiger partial charge in [-0.3, -0.25) is 14.4 Å². The Balaban J connectivity index is 1.93.